The van der Waals surface area contributed by atoms with E-state index in [1.165, 1.54) is 6.08 Å². The molecule has 3 unspecified atom stereocenters. The van der Waals surface area contributed by atoms with Crippen LogP contribution in [-0.2, 0) is 33.3 Å². The van der Waals surface area contributed by atoms with Crippen molar-refractivity contribution in [2.45, 2.75) is 96.8 Å². The highest BCUT2D eigenvalue weighted by Crippen LogP contribution is 2.14. The Balaban J connectivity index is 3.72. The summed E-state index contributed by atoms with van der Waals surface area (Å²) >= 11 is 0. The Kier molecular flexibility index (Phi) is 22.7. The van der Waals surface area contributed by atoms with Gasteiger partial charge in [0, 0.05) is 25.3 Å². The van der Waals surface area contributed by atoms with Crippen molar-refractivity contribution in [1.82, 2.24) is 5.32 Å². The molecule has 11 heteroatoms. The van der Waals surface area contributed by atoms with Gasteiger partial charge in [-0.15, -0.1) is 0 Å². The fraction of sp³-hybridized carbons (Fsp3) is 0.778. The number of alkyl carbamates (subject to hydrolysis) is 1. The van der Waals surface area contributed by atoms with E-state index in [-0.39, 0.29) is 24.9 Å². The number of hydrogen-bond donors (Lipinski definition) is 1. The second-order valence-corrected chi connectivity index (χ2v) is 9.19. The normalized spacial score (nSPS) is 12.8. The van der Waals surface area contributed by atoms with Gasteiger partial charge in [-0.2, -0.15) is 0 Å². The summed E-state index contributed by atoms with van der Waals surface area (Å²) in [5.41, 5.74) is 0.352. The van der Waals surface area contributed by atoms with Crippen LogP contribution in [0.2, 0.25) is 0 Å². The quantitative estimate of drug-likeness (QED) is 0.0632. The predicted molar refractivity (Wildman–Crippen MR) is 142 cm³/mol. The number of ether oxygens (including phenoxy) is 4. The van der Waals surface area contributed by atoms with Crippen LogP contribution in [0.25, 0.3) is 0 Å². The lowest BCUT2D eigenvalue weighted by molar-refractivity contribution is -0.146. The number of rotatable bonds is 24. The molecule has 0 aliphatic heterocycles. The van der Waals surface area contributed by atoms with Crippen molar-refractivity contribution >= 4 is 24.2 Å². The number of hydrogen-bond acceptors (Lipinski definition) is 10. The Hall–Kier alpha value is -2.84. The van der Waals surface area contributed by atoms with E-state index in [1.807, 2.05) is 0 Å². The van der Waals surface area contributed by atoms with E-state index in [2.05, 4.69) is 21.9 Å². The number of carbonyl (C=O) groups is 2. The maximum Gasteiger partial charge on any atom is 0.407 e. The summed E-state index contributed by atoms with van der Waals surface area (Å²) in [6.07, 6.45) is 9.49. The van der Waals surface area contributed by atoms with Gasteiger partial charge in [-0.25, -0.2) is 29.2 Å². The first-order valence-electron chi connectivity index (χ1n) is 13.4. The van der Waals surface area contributed by atoms with Crippen molar-refractivity contribution in [3.05, 3.63) is 12.2 Å². The predicted octanol–water partition coefficient (Wildman–Crippen LogP) is 4.19. The number of esters is 1. The van der Waals surface area contributed by atoms with Crippen LogP contribution in [-0.4, -0.2) is 82.0 Å². The third kappa shape index (κ3) is 22.4. The molecule has 1 N–H and O–H groups in total. The highest BCUT2D eigenvalue weighted by molar-refractivity contribution is 5.87. The van der Waals surface area contributed by atoms with Crippen LogP contribution in [0.3, 0.4) is 0 Å². The smallest absolute Gasteiger partial charge is 0.407 e. The van der Waals surface area contributed by atoms with Gasteiger partial charge in [0.25, 0.3) is 0 Å². The monoisotopic (exact) mass is 539 g/mol. The first-order chi connectivity index (χ1) is 18.3. The van der Waals surface area contributed by atoms with E-state index >= 15 is 0 Å². The molecule has 38 heavy (non-hydrogen) atoms. The van der Waals surface area contributed by atoms with Gasteiger partial charge >= 0.3 is 12.1 Å². The minimum absolute atomic E-state index is 0.0395. The van der Waals surface area contributed by atoms with Crippen LogP contribution in [0.1, 0.15) is 78.6 Å². The number of carbonyl (C=O) groups excluding carboxylic acids is 4. The third-order valence-electron chi connectivity index (χ3n) is 5.34. The average molecular weight is 540 g/mol. The maximum absolute atomic E-state index is 11.9. The van der Waals surface area contributed by atoms with Crippen molar-refractivity contribution in [3.8, 4) is 0 Å². The summed E-state index contributed by atoms with van der Waals surface area (Å²) < 4.78 is 21.4. The van der Waals surface area contributed by atoms with E-state index < -0.39 is 12.1 Å². The number of isocyanates is 2. The molecule has 0 spiro atoms. The Morgan fingerprint density at radius 2 is 1.45 bits per heavy atom. The van der Waals surface area contributed by atoms with Gasteiger partial charge in [-0.3, -0.25) is 0 Å². The van der Waals surface area contributed by atoms with Gasteiger partial charge < -0.3 is 24.3 Å². The highest BCUT2D eigenvalue weighted by atomic mass is 16.6. The highest BCUT2D eigenvalue weighted by Gasteiger charge is 2.11. The standard InChI is InChI=1S/C27H45N3O8/c1-22(2)26(33)37-23(3)18-35-16-11-17-36-19-24(4)38-27(34)29-15-10-6-8-13-25(30-21-32)12-7-5-9-14-28-20-31/h23-25H,1,5-19H2,2-4H3,(H,29,34). The number of unbranched alkanes of at least 4 members (excludes halogenated alkanes) is 4. The van der Waals surface area contributed by atoms with Gasteiger partial charge in [0.05, 0.1) is 25.8 Å². The lowest BCUT2D eigenvalue weighted by Crippen LogP contribution is -2.30. The van der Waals surface area contributed by atoms with Crippen molar-refractivity contribution in [2.24, 2.45) is 9.98 Å². The molecule has 0 aromatic rings. The molecule has 0 bridgehead atoms. The average Bonchev–Trinajstić information content (AvgIpc) is 2.87. The molecule has 0 aliphatic rings. The lowest BCUT2D eigenvalue weighted by Gasteiger charge is -2.15. The van der Waals surface area contributed by atoms with E-state index in [0.717, 1.165) is 51.4 Å². The molecule has 0 heterocycles. The number of nitrogens with zero attached hydrogens (tertiary/aromatic N) is 2. The zero-order chi connectivity index (χ0) is 28.4. The van der Waals surface area contributed by atoms with Crippen molar-refractivity contribution in [2.75, 3.05) is 39.5 Å². The second-order valence-electron chi connectivity index (χ2n) is 9.19. The number of amides is 1. The molecular formula is C27H45N3O8. The fourth-order valence-electron chi connectivity index (χ4n) is 3.35. The number of nitrogens with one attached hydrogen (secondary N) is 1. The van der Waals surface area contributed by atoms with Crippen LogP contribution in [0.15, 0.2) is 22.1 Å². The zero-order valence-electron chi connectivity index (χ0n) is 23.2. The van der Waals surface area contributed by atoms with Gasteiger partial charge in [0.15, 0.2) is 0 Å². The number of aliphatic imine (C=N–C) groups is 2. The Bertz CT molecular complexity index is 763. The molecule has 0 saturated heterocycles. The molecular weight excluding hydrogens is 494 g/mol. The molecule has 0 radical (unpaired) electrons. The van der Waals surface area contributed by atoms with Gasteiger partial charge in [0.1, 0.15) is 12.2 Å². The summed E-state index contributed by atoms with van der Waals surface area (Å²) in [6, 6.07) is -0.0395. The molecule has 216 valence electrons. The summed E-state index contributed by atoms with van der Waals surface area (Å²) in [6.45, 7) is 11.1. The van der Waals surface area contributed by atoms with E-state index in [1.54, 1.807) is 26.9 Å². The van der Waals surface area contributed by atoms with Crippen LogP contribution < -0.4 is 5.32 Å². The molecule has 11 nitrogen and oxygen atoms in total. The first-order valence-corrected chi connectivity index (χ1v) is 13.4. The van der Waals surface area contributed by atoms with E-state index in [0.29, 0.717) is 44.9 Å². The van der Waals surface area contributed by atoms with E-state index in [9.17, 15) is 19.2 Å². The molecule has 0 aliphatic carbocycles. The van der Waals surface area contributed by atoms with Crippen LogP contribution in [0.4, 0.5) is 4.79 Å². The third-order valence-corrected chi connectivity index (χ3v) is 5.34. The van der Waals surface area contributed by atoms with E-state index in [4.69, 9.17) is 18.9 Å². The van der Waals surface area contributed by atoms with Crippen molar-refractivity contribution in [1.29, 1.82) is 0 Å². The molecule has 0 saturated carbocycles. The van der Waals surface area contributed by atoms with Crippen LogP contribution in [0.5, 0.6) is 0 Å². The Morgan fingerprint density at radius 1 is 0.842 bits per heavy atom. The van der Waals surface area contributed by atoms with Crippen LogP contribution in [0, 0.1) is 0 Å². The summed E-state index contributed by atoms with van der Waals surface area (Å²) in [7, 11) is 0. The summed E-state index contributed by atoms with van der Waals surface area (Å²) in [4.78, 5) is 51.4. The molecule has 0 rings (SSSR count). The topological polar surface area (TPSA) is 142 Å². The summed E-state index contributed by atoms with van der Waals surface area (Å²) in [5, 5.41) is 2.73. The maximum atomic E-state index is 11.9. The Labute approximate surface area is 226 Å². The zero-order valence-corrected chi connectivity index (χ0v) is 23.2. The molecule has 3 atom stereocenters. The van der Waals surface area contributed by atoms with Crippen molar-refractivity contribution < 1.29 is 38.1 Å². The van der Waals surface area contributed by atoms with Crippen molar-refractivity contribution in [3.63, 3.8) is 0 Å². The molecule has 0 aromatic carbocycles. The largest absolute Gasteiger partial charge is 0.457 e. The SMILES string of the molecule is C=C(C)C(=O)OC(C)COCCCOCC(C)OC(=O)NCCCCCC(CCCCCN=C=O)N=C=O. The summed E-state index contributed by atoms with van der Waals surface area (Å²) in [5.74, 6) is -0.430. The van der Waals surface area contributed by atoms with Gasteiger partial charge in [0.2, 0.25) is 12.2 Å². The first kappa shape index (κ1) is 35.2. The lowest BCUT2D eigenvalue weighted by atomic mass is 10.0. The minimum atomic E-state index is -0.481. The molecule has 0 fully saturated rings. The van der Waals surface area contributed by atoms with Crippen LogP contribution >= 0.6 is 0 Å². The Morgan fingerprint density at radius 3 is 2.03 bits per heavy atom. The molecule has 0 aromatic heterocycles. The second kappa shape index (κ2) is 24.5. The minimum Gasteiger partial charge on any atom is -0.457 e. The fourth-order valence-corrected chi connectivity index (χ4v) is 3.35. The molecule has 1 amide bonds. The van der Waals surface area contributed by atoms with Gasteiger partial charge in [-0.05, 0) is 52.9 Å². The van der Waals surface area contributed by atoms with Gasteiger partial charge in [-0.1, -0.05) is 32.3 Å².